The molecule has 0 aromatic carbocycles. The molecular weight excluding hydrogens is 276 g/mol. The van der Waals surface area contributed by atoms with E-state index in [-0.39, 0.29) is 10.8 Å². The van der Waals surface area contributed by atoms with Crippen LogP contribution in [-0.2, 0) is 17.8 Å². The third-order valence-corrected chi connectivity index (χ3v) is 3.88. The van der Waals surface area contributed by atoms with Crippen molar-refractivity contribution < 1.29 is 4.79 Å². The molecule has 0 saturated heterocycles. The molecule has 0 atom stereocenters. The molecule has 0 bridgehead atoms. The van der Waals surface area contributed by atoms with E-state index in [4.69, 9.17) is 0 Å². The van der Waals surface area contributed by atoms with Crippen molar-refractivity contribution >= 4 is 17.2 Å². The van der Waals surface area contributed by atoms with Crippen LogP contribution in [0.3, 0.4) is 0 Å². The summed E-state index contributed by atoms with van der Waals surface area (Å²) in [6.07, 6.45) is 5.25. The van der Waals surface area contributed by atoms with Gasteiger partial charge in [-0.05, 0) is 13.3 Å². The number of H-pyrrole nitrogens is 1. The molecule has 0 aliphatic rings. The minimum Gasteiger partial charge on any atom is -0.356 e. The number of aromatic nitrogens is 3. The monoisotopic (exact) mass is 294 g/mol. The lowest BCUT2D eigenvalue weighted by molar-refractivity contribution is -0.121. The molecule has 2 heterocycles. The van der Waals surface area contributed by atoms with E-state index in [0.717, 1.165) is 11.5 Å². The fraction of sp³-hybridized carbons (Fsp3) is 0.462. The number of nitrogens with one attached hydrogen (secondary N) is 2. The summed E-state index contributed by atoms with van der Waals surface area (Å²) in [5.74, 6) is 0.878. The quantitative estimate of drug-likeness (QED) is 0.802. The van der Waals surface area contributed by atoms with Crippen LogP contribution in [0.2, 0.25) is 0 Å². The Morgan fingerprint density at radius 3 is 3.05 bits per heavy atom. The Morgan fingerprint density at radius 2 is 2.40 bits per heavy atom. The summed E-state index contributed by atoms with van der Waals surface area (Å²) in [5.41, 5.74) is 0.957. The van der Waals surface area contributed by atoms with E-state index in [1.54, 1.807) is 17.0 Å². The van der Waals surface area contributed by atoms with Crippen molar-refractivity contribution in [3.05, 3.63) is 39.0 Å². The fourth-order valence-electron chi connectivity index (χ4n) is 1.92. The van der Waals surface area contributed by atoms with Gasteiger partial charge in [-0.2, -0.15) is 0 Å². The second-order valence-electron chi connectivity index (χ2n) is 4.53. The lowest BCUT2D eigenvalue weighted by Crippen LogP contribution is -2.26. The predicted molar refractivity (Wildman–Crippen MR) is 77.9 cm³/mol. The van der Waals surface area contributed by atoms with E-state index < -0.39 is 0 Å². The number of imidazole rings is 1. The zero-order chi connectivity index (χ0) is 14.4. The van der Waals surface area contributed by atoms with Crippen LogP contribution in [0.4, 0.5) is 0 Å². The number of carbonyl (C=O) groups excluding carboxylic acids is 1. The molecular formula is C13H18N4O2S. The van der Waals surface area contributed by atoms with Crippen LogP contribution in [0.1, 0.15) is 24.4 Å². The highest BCUT2D eigenvalue weighted by Gasteiger charge is 2.05. The van der Waals surface area contributed by atoms with Crippen molar-refractivity contribution in [2.24, 2.45) is 0 Å². The molecule has 7 heteroatoms. The number of aromatic amines is 1. The molecule has 0 aliphatic carbocycles. The minimum absolute atomic E-state index is 0.0116. The molecule has 2 rings (SSSR count). The van der Waals surface area contributed by atoms with Gasteiger partial charge in [0, 0.05) is 49.4 Å². The van der Waals surface area contributed by atoms with E-state index >= 15 is 0 Å². The highest BCUT2D eigenvalue weighted by Crippen LogP contribution is 2.02. The summed E-state index contributed by atoms with van der Waals surface area (Å²) in [5, 5.41) is 4.69. The maximum absolute atomic E-state index is 11.6. The second-order valence-corrected chi connectivity index (χ2v) is 5.35. The van der Waals surface area contributed by atoms with Crippen LogP contribution in [0.25, 0.3) is 0 Å². The van der Waals surface area contributed by atoms with Gasteiger partial charge in [0.05, 0.1) is 0 Å². The minimum atomic E-state index is 0.0116. The van der Waals surface area contributed by atoms with Gasteiger partial charge in [-0.25, -0.2) is 4.98 Å². The zero-order valence-electron chi connectivity index (χ0n) is 11.4. The maximum Gasteiger partial charge on any atom is 0.307 e. The number of rotatable bonds is 7. The zero-order valence-corrected chi connectivity index (χ0v) is 12.2. The number of amides is 1. The summed E-state index contributed by atoms with van der Waals surface area (Å²) in [4.78, 5) is 30.2. The number of thiazole rings is 1. The molecule has 0 spiro atoms. The largest absolute Gasteiger partial charge is 0.356 e. The van der Waals surface area contributed by atoms with Crippen LogP contribution in [0, 0.1) is 6.92 Å². The molecule has 0 aliphatic heterocycles. The van der Waals surface area contributed by atoms with Gasteiger partial charge in [0.1, 0.15) is 5.82 Å². The van der Waals surface area contributed by atoms with Gasteiger partial charge in [-0.1, -0.05) is 11.3 Å². The van der Waals surface area contributed by atoms with Gasteiger partial charge in [0.2, 0.25) is 5.91 Å². The Bertz CT molecular complexity index is 600. The van der Waals surface area contributed by atoms with Crippen LogP contribution >= 0.6 is 11.3 Å². The summed E-state index contributed by atoms with van der Waals surface area (Å²) in [6.45, 7) is 3.07. The third kappa shape index (κ3) is 4.06. The Morgan fingerprint density at radius 1 is 1.55 bits per heavy atom. The van der Waals surface area contributed by atoms with E-state index in [9.17, 15) is 9.59 Å². The molecule has 0 radical (unpaired) electrons. The number of carbonyl (C=O) groups is 1. The molecule has 2 aromatic heterocycles. The first kappa shape index (κ1) is 14.5. The van der Waals surface area contributed by atoms with Gasteiger partial charge in [-0.15, -0.1) is 0 Å². The second kappa shape index (κ2) is 7.04. The molecule has 0 fully saturated rings. The van der Waals surface area contributed by atoms with Crippen molar-refractivity contribution in [1.29, 1.82) is 0 Å². The van der Waals surface area contributed by atoms with Gasteiger partial charge in [0.25, 0.3) is 0 Å². The van der Waals surface area contributed by atoms with Crippen LogP contribution < -0.4 is 10.2 Å². The number of hydrogen-bond acceptors (Lipinski definition) is 4. The highest BCUT2D eigenvalue weighted by atomic mass is 32.1. The van der Waals surface area contributed by atoms with Crippen molar-refractivity contribution in [1.82, 2.24) is 19.9 Å². The topological polar surface area (TPSA) is 79.8 Å². The Labute approximate surface area is 120 Å². The van der Waals surface area contributed by atoms with Crippen molar-refractivity contribution in [3.63, 3.8) is 0 Å². The van der Waals surface area contributed by atoms with E-state index in [2.05, 4.69) is 15.3 Å². The van der Waals surface area contributed by atoms with Gasteiger partial charge in [-0.3, -0.25) is 9.59 Å². The Balaban J connectivity index is 1.64. The first-order chi connectivity index (χ1) is 9.66. The lowest BCUT2D eigenvalue weighted by Gasteiger charge is -2.05. The maximum atomic E-state index is 11.6. The Kier molecular flexibility index (Phi) is 5.11. The summed E-state index contributed by atoms with van der Waals surface area (Å²) >= 11 is 1.20. The van der Waals surface area contributed by atoms with E-state index in [0.29, 0.717) is 32.4 Å². The van der Waals surface area contributed by atoms with Crippen LogP contribution in [-0.4, -0.2) is 27.0 Å². The summed E-state index contributed by atoms with van der Waals surface area (Å²) in [7, 11) is 0. The van der Waals surface area contributed by atoms with Crippen LogP contribution in [0.15, 0.2) is 22.6 Å². The first-order valence-corrected chi connectivity index (χ1v) is 7.44. The molecule has 6 nitrogen and oxygen atoms in total. The third-order valence-electron chi connectivity index (χ3n) is 3.00. The van der Waals surface area contributed by atoms with E-state index in [1.807, 2.05) is 12.3 Å². The van der Waals surface area contributed by atoms with Gasteiger partial charge < -0.3 is 14.9 Å². The highest BCUT2D eigenvalue weighted by molar-refractivity contribution is 7.07. The van der Waals surface area contributed by atoms with Gasteiger partial charge >= 0.3 is 4.87 Å². The molecule has 20 heavy (non-hydrogen) atoms. The number of hydrogen-bond donors (Lipinski definition) is 2. The molecule has 2 aromatic rings. The van der Waals surface area contributed by atoms with Crippen molar-refractivity contribution in [2.75, 3.05) is 6.54 Å². The fourth-order valence-corrected chi connectivity index (χ4v) is 2.68. The normalized spacial score (nSPS) is 10.7. The standard InChI is InChI=1S/C13H18N4O2S/c1-10-9-20-13(19)17(10)8-2-3-12(18)16-5-4-11-14-6-7-15-11/h6-7,9H,2-5,8H2,1H3,(H,14,15)(H,16,18). The van der Waals surface area contributed by atoms with Crippen molar-refractivity contribution in [3.8, 4) is 0 Å². The molecule has 1 amide bonds. The molecule has 108 valence electrons. The Hall–Kier alpha value is -1.89. The lowest BCUT2D eigenvalue weighted by atomic mass is 10.3. The number of aryl methyl sites for hydroxylation is 1. The smallest absolute Gasteiger partial charge is 0.307 e. The first-order valence-electron chi connectivity index (χ1n) is 6.56. The molecule has 0 saturated carbocycles. The predicted octanol–water partition coefficient (Wildman–Crippen LogP) is 1.08. The SMILES string of the molecule is Cc1csc(=O)n1CCCC(=O)NCCc1ncc[nH]1. The van der Waals surface area contributed by atoms with Gasteiger partial charge in [0.15, 0.2) is 0 Å². The van der Waals surface area contributed by atoms with Crippen LogP contribution in [0.5, 0.6) is 0 Å². The molecule has 2 N–H and O–H groups in total. The average molecular weight is 294 g/mol. The van der Waals surface area contributed by atoms with Crippen molar-refractivity contribution in [2.45, 2.75) is 32.7 Å². The summed E-state index contributed by atoms with van der Waals surface area (Å²) < 4.78 is 1.71. The summed E-state index contributed by atoms with van der Waals surface area (Å²) in [6, 6.07) is 0. The number of nitrogens with zero attached hydrogens (tertiary/aromatic N) is 2. The van der Waals surface area contributed by atoms with E-state index in [1.165, 1.54) is 11.3 Å². The molecule has 0 unspecified atom stereocenters. The average Bonchev–Trinajstić information content (AvgIpc) is 3.03.